The molecule has 0 saturated carbocycles. The average Bonchev–Trinajstić information content (AvgIpc) is 2.91. The molecule has 1 atom stereocenters. The first-order valence-electron chi connectivity index (χ1n) is 13.2. The zero-order valence-corrected chi connectivity index (χ0v) is 23.3. The molecular weight excluding hydrogens is 496 g/mol. The topological polar surface area (TPSA) is 77.9 Å². The van der Waals surface area contributed by atoms with Gasteiger partial charge in [-0.25, -0.2) is 4.21 Å². The van der Waals surface area contributed by atoms with Crippen LogP contribution >= 0.6 is 0 Å². The Labute approximate surface area is 226 Å². The van der Waals surface area contributed by atoms with Gasteiger partial charge in [0.15, 0.2) is 0 Å². The van der Waals surface area contributed by atoms with Crippen molar-refractivity contribution in [2.75, 3.05) is 23.7 Å². The number of fused-ring (bicyclic) bond motifs is 3. The summed E-state index contributed by atoms with van der Waals surface area (Å²) in [5.41, 5.74) is 9.93. The van der Waals surface area contributed by atoms with Crippen molar-refractivity contribution in [2.24, 2.45) is 0 Å². The highest BCUT2D eigenvalue weighted by molar-refractivity contribution is 7.85. The van der Waals surface area contributed by atoms with E-state index < -0.39 is 17.0 Å². The third-order valence-corrected chi connectivity index (χ3v) is 8.84. The Hall–Kier alpha value is -3.45. The normalized spacial score (nSPS) is 15.6. The molecule has 6 nitrogen and oxygen atoms in total. The van der Waals surface area contributed by atoms with E-state index in [2.05, 4.69) is 0 Å². The molecule has 0 spiro atoms. The van der Waals surface area contributed by atoms with Gasteiger partial charge >= 0.3 is 5.97 Å². The number of carbonyl (C=O) groups is 2. The van der Waals surface area contributed by atoms with Gasteiger partial charge in [0.1, 0.15) is 11.0 Å². The summed E-state index contributed by atoms with van der Waals surface area (Å²) in [7, 11) is -1.35. The van der Waals surface area contributed by atoms with Gasteiger partial charge in [-0.15, -0.1) is 0 Å². The van der Waals surface area contributed by atoms with Gasteiger partial charge in [-0.3, -0.25) is 13.9 Å². The van der Waals surface area contributed by atoms with Crippen LogP contribution in [0.2, 0.25) is 0 Å². The summed E-state index contributed by atoms with van der Waals surface area (Å²) in [5.74, 6) is -0.852. The average molecular weight is 531 g/mol. The van der Waals surface area contributed by atoms with E-state index in [1.54, 1.807) is 6.26 Å². The molecule has 198 valence electrons. The second-order valence-corrected chi connectivity index (χ2v) is 11.7. The highest BCUT2D eigenvalue weighted by Crippen LogP contribution is 2.49. The second kappa shape index (κ2) is 10.4. The fourth-order valence-electron chi connectivity index (χ4n) is 6.01. The summed E-state index contributed by atoms with van der Waals surface area (Å²) in [6.07, 6.45) is 4.76. The molecule has 0 aliphatic carbocycles. The lowest BCUT2D eigenvalue weighted by molar-refractivity contribution is -0.136. The summed E-state index contributed by atoms with van der Waals surface area (Å²) in [5, 5.41) is 9.82. The second-order valence-electron chi connectivity index (χ2n) is 10.4. The molecule has 2 aliphatic rings. The SMILES string of the molecule is Cc1ccc(-c2c(C)c3c(c(C)c2CC(=O)O)N(S(C)=O)Cc2cc(C(=O)N4CCCCC4)ccc2-3)cc1. The molecule has 1 saturated heterocycles. The summed E-state index contributed by atoms with van der Waals surface area (Å²) in [6.45, 7) is 7.96. The summed E-state index contributed by atoms with van der Waals surface area (Å²) >= 11 is 0. The zero-order valence-electron chi connectivity index (χ0n) is 22.5. The van der Waals surface area contributed by atoms with Gasteiger partial charge in [0.25, 0.3) is 5.91 Å². The lowest BCUT2D eigenvalue weighted by Crippen LogP contribution is -2.36. The highest BCUT2D eigenvalue weighted by atomic mass is 32.2. The number of benzene rings is 3. The van der Waals surface area contributed by atoms with E-state index in [4.69, 9.17) is 0 Å². The van der Waals surface area contributed by atoms with Gasteiger partial charge in [0.05, 0.1) is 18.7 Å². The quantitative estimate of drug-likeness (QED) is 0.451. The van der Waals surface area contributed by atoms with Crippen LogP contribution in [-0.4, -0.2) is 45.4 Å². The van der Waals surface area contributed by atoms with Gasteiger partial charge in [-0.2, -0.15) is 0 Å². The lowest BCUT2D eigenvalue weighted by atomic mass is 9.80. The lowest BCUT2D eigenvalue weighted by Gasteiger charge is -2.36. The zero-order chi connectivity index (χ0) is 27.1. The van der Waals surface area contributed by atoms with Crippen molar-refractivity contribution in [1.29, 1.82) is 0 Å². The van der Waals surface area contributed by atoms with E-state index in [0.29, 0.717) is 12.1 Å². The molecule has 2 heterocycles. The minimum absolute atomic E-state index is 0.0486. The van der Waals surface area contributed by atoms with Crippen molar-refractivity contribution < 1.29 is 18.9 Å². The number of nitrogens with zero attached hydrogens (tertiary/aromatic N) is 2. The van der Waals surface area contributed by atoms with Crippen LogP contribution in [0.15, 0.2) is 42.5 Å². The third-order valence-electron chi connectivity index (χ3n) is 7.90. The Balaban J connectivity index is 1.74. The van der Waals surface area contributed by atoms with Crippen LogP contribution in [0.4, 0.5) is 5.69 Å². The van der Waals surface area contributed by atoms with Crippen molar-refractivity contribution in [2.45, 2.75) is 53.0 Å². The number of amides is 1. The van der Waals surface area contributed by atoms with E-state index in [-0.39, 0.29) is 12.3 Å². The number of hydrogen-bond donors (Lipinski definition) is 1. The number of piperidine rings is 1. The van der Waals surface area contributed by atoms with Crippen molar-refractivity contribution in [3.8, 4) is 22.3 Å². The van der Waals surface area contributed by atoms with Crippen LogP contribution in [-0.2, 0) is 28.7 Å². The standard InChI is InChI=1S/C31H34N2O4S/c1-19-8-10-22(11-9-19)28-21(3)29-25-13-12-23(31(36)32-14-6-5-7-15-32)16-24(25)18-33(38(4)37)30(29)20(2)26(28)17-27(34)35/h8-13,16H,5-7,14-15,17-18H2,1-4H3,(H,34,35). The largest absolute Gasteiger partial charge is 0.481 e. The van der Waals surface area contributed by atoms with E-state index in [1.165, 1.54) is 0 Å². The van der Waals surface area contributed by atoms with Crippen molar-refractivity contribution in [3.05, 3.63) is 75.8 Å². The molecule has 1 N–H and O–H groups in total. The molecule has 0 aromatic heterocycles. The van der Waals surface area contributed by atoms with Crippen LogP contribution in [0.25, 0.3) is 22.3 Å². The molecule has 38 heavy (non-hydrogen) atoms. The number of carboxylic acid groups (broad SMARTS) is 1. The maximum atomic E-state index is 13.3. The molecule has 3 aromatic rings. The van der Waals surface area contributed by atoms with Crippen LogP contribution < -0.4 is 4.31 Å². The molecule has 7 heteroatoms. The Morgan fingerprint density at radius 1 is 0.921 bits per heavy atom. The molecule has 0 radical (unpaired) electrons. The first-order chi connectivity index (χ1) is 18.2. The smallest absolute Gasteiger partial charge is 0.307 e. The number of likely N-dealkylation sites (tertiary alicyclic amines) is 1. The van der Waals surface area contributed by atoms with Crippen molar-refractivity contribution >= 4 is 28.5 Å². The van der Waals surface area contributed by atoms with Crippen LogP contribution in [0.1, 0.15) is 57.4 Å². The monoisotopic (exact) mass is 530 g/mol. The van der Waals surface area contributed by atoms with Gasteiger partial charge in [0, 0.05) is 30.5 Å². The molecule has 0 bridgehead atoms. The number of anilines is 1. The number of hydrogen-bond acceptors (Lipinski definition) is 3. The van der Waals surface area contributed by atoms with E-state index >= 15 is 0 Å². The fourth-order valence-corrected chi connectivity index (χ4v) is 6.81. The molecule has 2 aliphatic heterocycles. The number of carboxylic acids is 1. The third kappa shape index (κ3) is 4.64. The molecule has 1 amide bonds. The predicted octanol–water partition coefficient (Wildman–Crippen LogP) is 5.81. The van der Waals surface area contributed by atoms with E-state index in [0.717, 1.165) is 88.1 Å². The first kappa shape index (κ1) is 26.2. The minimum Gasteiger partial charge on any atom is -0.481 e. The summed E-state index contributed by atoms with van der Waals surface area (Å²) < 4.78 is 14.9. The molecule has 1 unspecified atom stereocenters. The number of aliphatic carboxylic acids is 1. The number of aryl methyl sites for hydroxylation is 1. The summed E-state index contributed by atoms with van der Waals surface area (Å²) in [6, 6.07) is 14.0. The van der Waals surface area contributed by atoms with Crippen LogP contribution in [0.3, 0.4) is 0 Å². The maximum absolute atomic E-state index is 13.3. The maximum Gasteiger partial charge on any atom is 0.307 e. The van der Waals surface area contributed by atoms with Crippen LogP contribution in [0.5, 0.6) is 0 Å². The van der Waals surface area contributed by atoms with Crippen molar-refractivity contribution in [3.63, 3.8) is 0 Å². The van der Waals surface area contributed by atoms with E-state index in [1.807, 2.05) is 72.4 Å². The number of carbonyl (C=O) groups excluding carboxylic acids is 1. The Morgan fingerprint density at radius 2 is 1.61 bits per heavy atom. The minimum atomic E-state index is -1.35. The van der Waals surface area contributed by atoms with Gasteiger partial charge in [-0.05, 0) is 91.1 Å². The Morgan fingerprint density at radius 3 is 2.24 bits per heavy atom. The molecule has 5 rings (SSSR count). The van der Waals surface area contributed by atoms with Crippen LogP contribution in [0, 0.1) is 20.8 Å². The summed E-state index contributed by atoms with van der Waals surface area (Å²) in [4.78, 5) is 27.2. The Kier molecular flexibility index (Phi) is 7.14. The van der Waals surface area contributed by atoms with Gasteiger partial charge < -0.3 is 10.0 Å². The molecular formula is C31H34N2O4S. The van der Waals surface area contributed by atoms with Crippen molar-refractivity contribution in [1.82, 2.24) is 4.90 Å². The van der Waals surface area contributed by atoms with Gasteiger partial charge in [0.2, 0.25) is 0 Å². The highest BCUT2D eigenvalue weighted by Gasteiger charge is 2.32. The van der Waals surface area contributed by atoms with Gasteiger partial charge in [-0.1, -0.05) is 35.9 Å². The van der Waals surface area contributed by atoms with E-state index in [9.17, 15) is 18.9 Å². The molecule has 1 fully saturated rings. The number of rotatable bonds is 5. The fraction of sp³-hybridized carbons (Fsp3) is 0.355. The Bertz CT molecular complexity index is 1460. The molecule has 3 aromatic carbocycles. The predicted molar refractivity (Wildman–Crippen MR) is 153 cm³/mol. The first-order valence-corrected chi connectivity index (χ1v) is 14.7.